The molecule has 0 unspecified atom stereocenters. The molecule has 0 aliphatic heterocycles. The molecule has 1 aliphatic carbocycles. The Balaban J connectivity index is 1.61. The summed E-state index contributed by atoms with van der Waals surface area (Å²) < 4.78 is 65.4. The average Bonchev–Trinajstić information content (AvgIpc) is 3.62. The molecule has 0 atom stereocenters. The molecule has 1 fully saturated rings. The zero-order chi connectivity index (χ0) is 25.0. The standard InChI is InChI=1S/C23H18ClF3N4O2S2/c1-2-35(32,33)19-9-16(15-7-5-14(6-8-15)13-3-4-13)11-29-22(19)31-21(24)17-12-28-20(10-18(17)30-31)34-23(25,26)27/h5-13H,2-4H2,1H3. The van der Waals surface area contributed by atoms with E-state index in [1.807, 2.05) is 24.3 Å². The highest BCUT2D eigenvalue weighted by molar-refractivity contribution is 8.00. The summed E-state index contributed by atoms with van der Waals surface area (Å²) in [5.74, 6) is 0.385. The van der Waals surface area contributed by atoms with E-state index in [9.17, 15) is 21.6 Å². The third-order valence-electron chi connectivity index (χ3n) is 5.73. The topological polar surface area (TPSA) is 77.7 Å². The van der Waals surface area contributed by atoms with Gasteiger partial charge in [-0.15, -0.1) is 0 Å². The van der Waals surface area contributed by atoms with Crippen LogP contribution in [0.5, 0.6) is 0 Å². The number of fused-ring (bicyclic) bond motifs is 1. The zero-order valence-electron chi connectivity index (χ0n) is 18.3. The summed E-state index contributed by atoms with van der Waals surface area (Å²) in [5, 5.41) is 4.23. The van der Waals surface area contributed by atoms with Gasteiger partial charge in [0.25, 0.3) is 0 Å². The quantitative estimate of drug-likeness (QED) is 0.264. The Morgan fingerprint density at radius 2 is 1.80 bits per heavy atom. The predicted octanol–water partition coefficient (Wildman–Crippen LogP) is 6.42. The van der Waals surface area contributed by atoms with E-state index in [1.165, 1.54) is 43.8 Å². The number of benzene rings is 1. The molecule has 12 heteroatoms. The van der Waals surface area contributed by atoms with Gasteiger partial charge in [0.2, 0.25) is 0 Å². The summed E-state index contributed by atoms with van der Waals surface area (Å²) in [7, 11) is -3.76. The van der Waals surface area contributed by atoms with Crippen molar-refractivity contribution in [3.8, 4) is 16.9 Å². The van der Waals surface area contributed by atoms with Crippen molar-refractivity contribution < 1.29 is 21.6 Å². The van der Waals surface area contributed by atoms with Gasteiger partial charge in [0.05, 0.1) is 16.7 Å². The number of hydrogen-bond donors (Lipinski definition) is 0. The number of thioether (sulfide) groups is 1. The van der Waals surface area contributed by atoms with Crippen LogP contribution < -0.4 is 0 Å². The first-order chi connectivity index (χ1) is 16.6. The van der Waals surface area contributed by atoms with E-state index in [1.54, 1.807) is 0 Å². The van der Waals surface area contributed by atoms with Crippen molar-refractivity contribution in [2.45, 2.75) is 41.1 Å². The maximum atomic E-state index is 13.0. The number of halogens is 4. The first-order valence-electron chi connectivity index (χ1n) is 10.7. The molecule has 6 nitrogen and oxygen atoms in total. The van der Waals surface area contributed by atoms with Crippen LogP contribution in [0.2, 0.25) is 5.15 Å². The minimum Gasteiger partial charge on any atom is -0.249 e. The maximum absolute atomic E-state index is 13.0. The number of aromatic nitrogens is 4. The van der Waals surface area contributed by atoms with E-state index < -0.39 is 15.3 Å². The van der Waals surface area contributed by atoms with Gasteiger partial charge < -0.3 is 0 Å². The summed E-state index contributed by atoms with van der Waals surface area (Å²) in [5.41, 5.74) is -1.69. The first-order valence-corrected chi connectivity index (χ1v) is 13.5. The molecule has 0 spiro atoms. The van der Waals surface area contributed by atoms with E-state index in [2.05, 4.69) is 15.1 Å². The lowest BCUT2D eigenvalue weighted by atomic mass is 10.0. The van der Waals surface area contributed by atoms with Crippen LogP contribution in [0.15, 0.2) is 58.7 Å². The van der Waals surface area contributed by atoms with Gasteiger partial charge in [-0.2, -0.15) is 18.3 Å². The van der Waals surface area contributed by atoms with Crippen molar-refractivity contribution in [3.63, 3.8) is 0 Å². The molecule has 1 saturated carbocycles. The normalized spacial score (nSPS) is 14.5. The maximum Gasteiger partial charge on any atom is 0.447 e. The van der Waals surface area contributed by atoms with Gasteiger partial charge in [0.1, 0.15) is 15.1 Å². The zero-order valence-corrected chi connectivity index (χ0v) is 20.6. The van der Waals surface area contributed by atoms with Crippen molar-refractivity contribution in [2.75, 3.05) is 5.75 Å². The summed E-state index contributed by atoms with van der Waals surface area (Å²) in [4.78, 5) is 8.10. The van der Waals surface area contributed by atoms with Crippen LogP contribution in [-0.4, -0.2) is 39.4 Å². The SMILES string of the molecule is CCS(=O)(=O)c1cc(-c2ccc(C3CC3)cc2)cnc1-n1nc2cc(SC(F)(F)F)ncc2c1Cl. The minimum atomic E-state index is -4.51. The molecule has 3 aromatic heterocycles. The van der Waals surface area contributed by atoms with Crippen molar-refractivity contribution in [2.24, 2.45) is 0 Å². The average molecular weight is 539 g/mol. The lowest BCUT2D eigenvalue weighted by Gasteiger charge is -2.12. The monoisotopic (exact) mass is 538 g/mol. The number of alkyl halides is 3. The van der Waals surface area contributed by atoms with Crippen LogP contribution in [0, 0.1) is 0 Å². The third-order valence-corrected chi connectivity index (χ3v) is 8.49. The molecule has 1 aromatic carbocycles. The smallest absolute Gasteiger partial charge is 0.249 e. The highest BCUT2D eigenvalue weighted by Crippen LogP contribution is 2.41. The van der Waals surface area contributed by atoms with Crippen molar-refractivity contribution in [3.05, 3.63) is 59.5 Å². The van der Waals surface area contributed by atoms with Crippen LogP contribution in [0.3, 0.4) is 0 Å². The highest BCUT2D eigenvalue weighted by atomic mass is 35.5. The molecule has 0 saturated heterocycles. The number of hydrogen-bond acceptors (Lipinski definition) is 6. The van der Waals surface area contributed by atoms with Gasteiger partial charge in [-0.1, -0.05) is 42.8 Å². The molecular formula is C23H18ClF3N4O2S2. The lowest BCUT2D eigenvalue weighted by Crippen LogP contribution is -2.12. The minimum absolute atomic E-state index is 0.00218. The predicted molar refractivity (Wildman–Crippen MR) is 129 cm³/mol. The molecular weight excluding hydrogens is 521 g/mol. The molecule has 5 rings (SSSR count). The van der Waals surface area contributed by atoms with Crippen LogP contribution >= 0.6 is 23.4 Å². The molecule has 4 aromatic rings. The molecule has 1 aliphatic rings. The number of sulfone groups is 1. The highest BCUT2D eigenvalue weighted by Gasteiger charge is 2.31. The van der Waals surface area contributed by atoms with Gasteiger partial charge in [-0.05, 0) is 42.0 Å². The van der Waals surface area contributed by atoms with Gasteiger partial charge in [-0.25, -0.2) is 23.1 Å². The summed E-state index contributed by atoms with van der Waals surface area (Å²) in [6.07, 6.45) is 5.07. The fourth-order valence-corrected chi connectivity index (χ4v) is 5.56. The lowest BCUT2D eigenvalue weighted by molar-refractivity contribution is -0.0329. The van der Waals surface area contributed by atoms with Crippen LogP contribution in [0.1, 0.15) is 31.2 Å². The number of pyridine rings is 2. The summed E-state index contributed by atoms with van der Waals surface area (Å²) in [6, 6.07) is 10.6. The molecule has 182 valence electrons. The number of nitrogens with zero attached hydrogens (tertiary/aromatic N) is 4. The molecule has 0 N–H and O–H groups in total. The van der Waals surface area contributed by atoms with Crippen LogP contribution in [0.25, 0.3) is 27.8 Å². The molecule has 0 bridgehead atoms. The van der Waals surface area contributed by atoms with Crippen LogP contribution in [0.4, 0.5) is 13.2 Å². The summed E-state index contributed by atoms with van der Waals surface area (Å²) in [6.45, 7) is 1.52. The Bertz CT molecular complexity index is 1530. The second kappa shape index (κ2) is 8.79. The second-order valence-corrected chi connectivity index (χ2v) is 11.8. The number of rotatable bonds is 6. The first kappa shape index (κ1) is 24.1. The third kappa shape index (κ3) is 4.89. The van der Waals surface area contributed by atoms with Crippen molar-refractivity contribution >= 4 is 44.1 Å². The van der Waals surface area contributed by atoms with Crippen LogP contribution in [-0.2, 0) is 9.84 Å². The van der Waals surface area contributed by atoms with Gasteiger partial charge >= 0.3 is 5.51 Å². The van der Waals surface area contributed by atoms with E-state index in [4.69, 9.17) is 11.6 Å². The molecule has 35 heavy (non-hydrogen) atoms. The Kier molecular flexibility index (Phi) is 6.05. The molecule has 0 amide bonds. The van der Waals surface area contributed by atoms with E-state index in [-0.39, 0.29) is 49.3 Å². The molecule has 3 heterocycles. The van der Waals surface area contributed by atoms with Gasteiger partial charge in [0, 0.05) is 29.7 Å². The van der Waals surface area contributed by atoms with E-state index in [0.29, 0.717) is 11.5 Å². The van der Waals surface area contributed by atoms with Gasteiger partial charge in [-0.3, -0.25) is 0 Å². The Morgan fingerprint density at radius 1 is 1.09 bits per heavy atom. The Morgan fingerprint density at radius 3 is 2.43 bits per heavy atom. The van der Waals surface area contributed by atoms with Crippen molar-refractivity contribution in [1.82, 2.24) is 19.7 Å². The van der Waals surface area contributed by atoms with E-state index >= 15 is 0 Å². The van der Waals surface area contributed by atoms with E-state index in [0.717, 1.165) is 16.3 Å². The van der Waals surface area contributed by atoms with Gasteiger partial charge in [0.15, 0.2) is 15.7 Å². The second-order valence-electron chi connectivity index (χ2n) is 8.14. The molecule has 0 radical (unpaired) electrons. The fourth-order valence-electron chi connectivity index (χ4n) is 3.75. The fraction of sp³-hybridized carbons (Fsp3) is 0.261. The Labute approximate surface area is 208 Å². The largest absolute Gasteiger partial charge is 0.447 e. The summed E-state index contributed by atoms with van der Waals surface area (Å²) >= 11 is 6.08. The van der Waals surface area contributed by atoms with Crippen molar-refractivity contribution in [1.29, 1.82) is 0 Å². The Hall–Kier alpha value is -2.63.